The van der Waals surface area contributed by atoms with Gasteiger partial charge in [0.1, 0.15) is 0 Å². The Morgan fingerprint density at radius 1 is 1.50 bits per heavy atom. The van der Waals surface area contributed by atoms with Crippen molar-refractivity contribution in [3.8, 4) is 0 Å². The average Bonchev–Trinajstić information content (AvgIpc) is 1.39. The minimum atomic E-state index is -0.833. The third-order valence-corrected chi connectivity index (χ3v) is 0. The van der Waals surface area contributed by atoms with E-state index in [2.05, 4.69) is 0 Å². The van der Waals surface area contributed by atoms with Crippen LogP contribution in [0.5, 0.6) is 0 Å². The normalized spacial score (nSPS) is 4.12. The van der Waals surface area contributed by atoms with Gasteiger partial charge < -0.3 is 15.0 Å². The second-order valence-electron chi connectivity index (χ2n) is 0.156. The summed E-state index contributed by atoms with van der Waals surface area (Å²) in [6, 6.07) is 0. The predicted octanol–water partition coefficient (Wildman–Crippen LogP) is -5.56. The molecule has 0 aliphatic carbocycles. The van der Waals surface area contributed by atoms with Crippen LogP contribution in [0.25, 0.3) is 0 Å². The molecule has 0 radical (unpaired) electrons. The first-order valence-electron chi connectivity index (χ1n) is 0.748. The summed E-state index contributed by atoms with van der Waals surface area (Å²) in [5.74, 6) is 0. The molecule has 0 atom stereocenters. The van der Waals surface area contributed by atoms with Gasteiger partial charge in [0.2, 0.25) is 0 Å². The molecule has 36 valence electrons. The maximum absolute atomic E-state index is 8.46. The van der Waals surface area contributed by atoms with Crippen molar-refractivity contribution in [1.29, 1.82) is 0 Å². The first-order chi connectivity index (χ1) is 2.83. The first-order valence-corrected chi connectivity index (χ1v) is 1.51. The number of rotatable bonds is 0. The van der Waals surface area contributed by atoms with Gasteiger partial charge in [0, 0.05) is 0 Å². The molecule has 0 aliphatic heterocycles. The summed E-state index contributed by atoms with van der Waals surface area (Å²) in [5.41, 5.74) is 0. The van der Waals surface area contributed by atoms with Gasteiger partial charge in [-0.05, 0) is 0 Å². The SMILES string of the molecule is O=N[O-].O=PO.[Na+].[Na+]. The molecular formula is HNNa2O4P+. The Bertz CT molecular complexity index is 35.0. The van der Waals surface area contributed by atoms with Gasteiger partial charge in [0.25, 0.3) is 0 Å². The third-order valence-electron chi connectivity index (χ3n) is 0. The topological polar surface area (TPSA) is 89.8 Å². The van der Waals surface area contributed by atoms with E-state index in [1.807, 2.05) is 0 Å². The molecule has 0 amide bonds. The van der Waals surface area contributed by atoms with Gasteiger partial charge >= 0.3 is 67.8 Å². The van der Waals surface area contributed by atoms with E-state index in [4.69, 9.17) is 19.6 Å². The predicted molar refractivity (Wildman–Crippen MR) is 19.0 cm³/mol. The molecule has 0 aliphatic rings. The maximum Gasteiger partial charge on any atom is 1.00 e. The molecule has 0 saturated carbocycles. The van der Waals surface area contributed by atoms with Gasteiger partial charge in [0.15, 0.2) is 0 Å². The van der Waals surface area contributed by atoms with Crippen LogP contribution in [0.3, 0.4) is 0 Å². The van der Waals surface area contributed by atoms with Crippen molar-refractivity contribution >= 4 is 8.69 Å². The fraction of sp³-hybridized carbons (Fsp3) is 0. The zero-order valence-electron chi connectivity index (χ0n) is 4.57. The second-order valence-corrected chi connectivity index (χ2v) is 0.319. The Morgan fingerprint density at radius 3 is 1.50 bits per heavy atom. The van der Waals surface area contributed by atoms with Crippen molar-refractivity contribution < 1.29 is 68.6 Å². The molecular weight excluding hydrogens is 155 g/mol. The van der Waals surface area contributed by atoms with Crippen LogP contribution in [0.15, 0.2) is 5.34 Å². The number of hydrogen-bond donors (Lipinski definition) is 1. The van der Waals surface area contributed by atoms with Crippen molar-refractivity contribution in [3.63, 3.8) is 0 Å². The van der Waals surface area contributed by atoms with Crippen LogP contribution in [0.1, 0.15) is 0 Å². The summed E-state index contributed by atoms with van der Waals surface area (Å²) in [7, 11) is -0.833. The van der Waals surface area contributed by atoms with Gasteiger partial charge in [-0.3, -0.25) is 0 Å². The molecule has 0 heterocycles. The Kier molecular flexibility index (Phi) is 112. The molecule has 1 N–H and O–H groups in total. The average molecular weight is 156 g/mol. The Balaban J connectivity index is -0.0000000160. The molecule has 8 heteroatoms. The molecule has 0 unspecified atom stereocenters. The molecule has 8 heavy (non-hydrogen) atoms. The van der Waals surface area contributed by atoms with Crippen LogP contribution in [0, 0.1) is 10.1 Å². The van der Waals surface area contributed by atoms with E-state index in [9.17, 15) is 0 Å². The van der Waals surface area contributed by atoms with Crippen LogP contribution in [-0.2, 0) is 4.57 Å². The van der Waals surface area contributed by atoms with E-state index in [1.165, 1.54) is 0 Å². The van der Waals surface area contributed by atoms with Crippen LogP contribution in [0.2, 0.25) is 0 Å². The summed E-state index contributed by atoms with van der Waals surface area (Å²) in [4.78, 5) is 15.0. The van der Waals surface area contributed by atoms with E-state index in [0.717, 1.165) is 5.34 Å². The van der Waals surface area contributed by atoms with Gasteiger partial charge in [-0.25, -0.2) is 4.57 Å². The van der Waals surface area contributed by atoms with E-state index in [0.29, 0.717) is 0 Å². The van der Waals surface area contributed by atoms with Crippen LogP contribution in [0.4, 0.5) is 0 Å². The Morgan fingerprint density at radius 2 is 1.50 bits per heavy atom. The quantitative estimate of drug-likeness (QED) is 0.164. The zero-order valence-corrected chi connectivity index (χ0v) is 9.46. The molecule has 0 rings (SSSR count). The second kappa shape index (κ2) is 39.3. The minimum Gasteiger partial charge on any atom is -0.444 e. The molecule has 0 aromatic rings. The van der Waals surface area contributed by atoms with E-state index in [1.54, 1.807) is 0 Å². The minimum absolute atomic E-state index is 0. The molecule has 0 bridgehead atoms. The fourth-order valence-electron chi connectivity index (χ4n) is 0. The molecule has 0 aromatic carbocycles. The van der Waals surface area contributed by atoms with Crippen molar-refractivity contribution in [2.24, 2.45) is 5.34 Å². The van der Waals surface area contributed by atoms with Crippen molar-refractivity contribution in [2.75, 3.05) is 0 Å². The van der Waals surface area contributed by atoms with Gasteiger partial charge in [0.05, 0.1) is 0 Å². The van der Waals surface area contributed by atoms with E-state index in [-0.39, 0.29) is 59.1 Å². The first kappa shape index (κ1) is 22.7. The van der Waals surface area contributed by atoms with Gasteiger partial charge in [-0.1, -0.05) is 0 Å². The van der Waals surface area contributed by atoms with Crippen LogP contribution < -0.4 is 59.1 Å². The standard InChI is InChI=1S/HNO2.2Na.HO2P/c2-1-3;;;1-3-2/h(H,2,3);;;(H,1,2)/q;2*+1;/p-1. The monoisotopic (exact) mass is 156 g/mol. The summed E-state index contributed by atoms with van der Waals surface area (Å²) in [5, 5.41) is 9.00. The summed E-state index contributed by atoms with van der Waals surface area (Å²) in [6.07, 6.45) is 0. The van der Waals surface area contributed by atoms with E-state index < -0.39 is 8.69 Å². The number of nitrogens with zero attached hydrogens (tertiary/aromatic N) is 1. The Labute approximate surface area is 91.7 Å². The van der Waals surface area contributed by atoms with Crippen LogP contribution >= 0.6 is 8.69 Å². The van der Waals surface area contributed by atoms with Crippen molar-refractivity contribution in [2.45, 2.75) is 0 Å². The smallest absolute Gasteiger partial charge is 0.444 e. The zero-order chi connectivity index (χ0) is 5.41. The largest absolute Gasteiger partial charge is 1.00 e. The van der Waals surface area contributed by atoms with Crippen LogP contribution in [-0.4, -0.2) is 4.89 Å². The fourth-order valence-corrected chi connectivity index (χ4v) is 0. The molecule has 0 saturated heterocycles. The summed E-state index contributed by atoms with van der Waals surface area (Å²) >= 11 is 0. The van der Waals surface area contributed by atoms with Crippen molar-refractivity contribution in [1.82, 2.24) is 0 Å². The third kappa shape index (κ3) is 146. The molecule has 0 fully saturated rings. The Hall–Kier alpha value is 1.46. The van der Waals surface area contributed by atoms with Gasteiger partial charge in [-0.15, -0.1) is 5.34 Å². The van der Waals surface area contributed by atoms with Crippen molar-refractivity contribution in [3.05, 3.63) is 10.1 Å². The summed E-state index contributed by atoms with van der Waals surface area (Å²) in [6.45, 7) is 0. The molecule has 0 spiro atoms. The van der Waals surface area contributed by atoms with E-state index >= 15 is 0 Å². The maximum atomic E-state index is 8.46. The number of hydrogen-bond acceptors (Lipinski definition) is 4. The summed E-state index contributed by atoms with van der Waals surface area (Å²) < 4.78 is 8.46. The van der Waals surface area contributed by atoms with Gasteiger partial charge in [-0.2, -0.15) is 0 Å². The molecule has 5 nitrogen and oxygen atoms in total. The molecule has 0 aromatic heterocycles.